The summed E-state index contributed by atoms with van der Waals surface area (Å²) in [5, 5.41) is 10.4. The van der Waals surface area contributed by atoms with Crippen LogP contribution in [0.5, 0.6) is 0 Å². The quantitative estimate of drug-likeness (QED) is 0.837. The summed E-state index contributed by atoms with van der Waals surface area (Å²) in [4.78, 5) is 14.2. The molecule has 0 amide bonds. The summed E-state index contributed by atoms with van der Waals surface area (Å²) >= 11 is 3.44. The van der Waals surface area contributed by atoms with Gasteiger partial charge < -0.3 is 9.52 Å². The fourth-order valence-corrected chi connectivity index (χ4v) is 2.50. The Balaban J connectivity index is 2.50. The monoisotopic (exact) mass is 371 g/mol. The van der Waals surface area contributed by atoms with E-state index in [1.54, 1.807) is 11.4 Å². The van der Waals surface area contributed by atoms with E-state index < -0.39 is 23.8 Å². The van der Waals surface area contributed by atoms with Crippen LogP contribution in [0.15, 0.2) is 15.9 Å². The Kier molecular flexibility index (Phi) is 3.43. The van der Waals surface area contributed by atoms with Gasteiger partial charge in [-0.1, -0.05) is 0 Å². The Morgan fingerprint density at radius 3 is 2.71 bits per heavy atom. The first kappa shape index (κ1) is 12.4. The maximum absolute atomic E-state index is 12.5. The Hall–Kier alpha value is -1.03. The number of aromatic carboxylic acids is 1. The molecule has 2 heterocycles. The lowest BCUT2D eigenvalue weighted by Gasteiger charge is -1.91. The van der Waals surface area contributed by atoms with Crippen molar-refractivity contribution in [1.82, 2.24) is 4.98 Å². The standard InChI is InChI=1S/C9H4F2INO3S/c10-7(11)5-6(9(14)15)16-8(13-5)3-1-4(12)17-2-3/h1-2,7H,(H,14,15). The zero-order valence-electron chi connectivity index (χ0n) is 7.99. The second-order valence-corrected chi connectivity index (χ2v) is 5.78. The van der Waals surface area contributed by atoms with Gasteiger partial charge >= 0.3 is 5.97 Å². The van der Waals surface area contributed by atoms with Crippen molar-refractivity contribution in [3.63, 3.8) is 0 Å². The van der Waals surface area contributed by atoms with Gasteiger partial charge in [0.1, 0.15) is 0 Å². The van der Waals surface area contributed by atoms with Gasteiger partial charge in [-0.25, -0.2) is 18.6 Å². The number of hydrogen-bond acceptors (Lipinski definition) is 4. The van der Waals surface area contributed by atoms with E-state index in [9.17, 15) is 13.6 Å². The third kappa shape index (κ3) is 2.46. The number of nitrogens with zero attached hydrogens (tertiary/aromatic N) is 1. The van der Waals surface area contributed by atoms with E-state index in [4.69, 9.17) is 9.52 Å². The summed E-state index contributed by atoms with van der Waals surface area (Å²) in [7, 11) is 0. The highest BCUT2D eigenvalue weighted by Crippen LogP contribution is 2.31. The zero-order valence-corrected chi connectivity index (χ0v) is 11.0. The molecular formula is C9H4F2INO3S. The largest absolute Gasteiger partial charge is 0.475 e. The van der Waals surface area contributed by atoms with E-state index in [1.165, 1.54) is 11.3 Å². The third-order valence-electron chi connectivity index (χ3n) is 1.87. The summed E-state index contributed by atoms with van der Waals surface area (Å²) in [5.74, 6) is -2.46. The van der Waals surface area contributed by atoms with E-state index in [-0.39, 0.29) is 5.89 Å². The fourth-order valence-electron chi connectivity index (χ4n) is 1.18. The normalized spacial score (nSPS) is 11.1. The highest BCUT2D eigenvalue weighted by Gasteiger charge is 2.26. The topological polar surface area (TPSA) is 63.3 Å². The van der Waals surface area contributed by atoms with Gasteiger partial charge in [0, 0.05) is 10.9 Å². The first-order chi connectivity index (χ1) is 7.99. The molecule has 17 heavy (non-hydrogen) atoms. The first-order valence-electron chi connectivity index (χ1n) is 4.25. The molecule has 90 valence electrons. The maximum atomic E-state index is 12.5. The summed E-state index contributed by atoms with van der Waals surface area (Å²) in [6.07, 6.45) is -2.98. The smallest absolute Gasteiger partial charge is 0.374 e. The molecule has 2 aromatic heterocycles. The van der Waals surface area contributed by atoms with Crippen LogP contribution in [0.3, 0.4) is 0 Å². The average molecular weight is 371 g/mol. The van der Waals surface area contributed by atoms with Crippen molar-refractivity contribution < 1.29 is 23.1 Å². The number of alkyl halides is 2. The van der Waals surface area contributed by atoms with E-state index in [1.807, 2.05) is 0 Å². The van der Waals surface area contributed by atoms with Crippen molar-refractivity contribution in [3.05, 3.63) is 25.8 Å². The summed E-state index contributed by atoms with van der Waals surface area (Å²) in [5.41, 5.74) is -0.345. The van der Waals surface area contributed by atoms with Gasteiger partial charge in [-0.3, -0.25) is 0 Å². The highest BCUT2D eigenvalue weighted by atomic mass is 127. The predicted molar refractivity (Wildman–Crippen MR) is 64.4 cm³/mol. The lowest BCUT2D eigenvalue weighted by molar-refractivity contribution is 0.0647. The predicted octanol–water partition coefficient (Wildman–Crippen LogP) is 3.64. The van der Waals surface area contributed by atoms with Gasteiger partial charge in [0.15, 0.2) is 5.69 Å². The van der Waals surface area contributed by atoms with Crippen LogP contribution in [0, 0.1) is 2.88 Å². The SMILES string of the molecule is O=C(O)c1oc(-c2csc(I)c2)nc1C(F)F. The van der Waals surface area contributed by atoms with Crippen LogP contribution < -0.4 is 0 Å². The molecule has 0 spiro atoms. The summed E-state index contributed by atoms with van der Waals surface area (Å²) < 4.78 is 30.8. The number of aromatic nitrogens is 1. The molecule has 0 saturated carbocycles. The lowest BCUT2D eigenvalue weighted by Crippen LogP contribution is -1.99. The Labute approximate surface area is 111 Å². The Morgan fingerprint density at radius 1 is 1.59 bits per heavy atom. The van der Waals surface area contributed by atoms with Gasteiger partial charge in [-0.15, -0.1) is 11.3 Å². The van der Waals surface area contributed by atoms with Crippen LogP contribution in [0.25, 0.3) is 11.5 Å². The van der Waals surface area contributed by atoms with E-state index in [0.29, 0.717) is 5.56 Å². The Bertz CT molecular complexity index is 566. The van der Waals surface area contributed by atoms with E-state index >= 15 is 0 Å². The van der Waals surface area contributed by atoms with Gasteiger partial charge in [0.05, 0.1) is 2.88 Å². The first-order valence-corrected chi connectivity index (χ1v) is 6.21. The van der Waals surface area contributed by atoms with E-state index in [2.05, 4.69) is 27.6 Å². The minimum atomic E-state index is -2.98. The minimum absolute atomic E-state index is 0.100. The molecule has 0 unspecified atom stereocenters. The molecule has 0 bridgehead atoms. The Morgan fingerprint density at radius 2 is 2.29 bits per heavy atom. The van der Waals surface area contributed by atoms with Gasteiger partial charge in [0.2, 0.25) is 11.7 Å². The van der Waals surface area contributed by atoms with Crippen molar-refractivity contribution in [2.75, 3.05) is 0 Å². The molecule has 2 rings (SSSR count). The summed E-state index contributed by atoms with van der Waals surface area (Å²) in [6.45, 7) is 0. The number of halogens is 3. The molecule has 2 aromatic rings. The maximum Gasteiger partial charge on any atom is 0.374 e. The van der Waals surface area contributed by atoms with E-state index in [0.717, 1.165) is 2.88 Å². The number of carboxylic acid groups (broad SMARTS) is 1. The van der Waals surface area contributed by atoms with Crippen LogP contribution >= 0.6 is 33.9 Å². The molecule has 0 aliphatic heterocycles. The second-order valence-electron chi connectivity index (χ2n) is 2.98. The molecule has 0 aliphatic carbocycles. The molecule has 8 heteroatoms. The zero-order chi connectivity index (χ0) is 12.6. The number of hydrogen-bond donors (Lipinski definition) is 1. The second kappa shape index (κ2) is 4.69. The summed E-state index contributed by atoms with van der Waals surface area (Å²) in [6, 6.07) is 1.68. The van der Waals surface area contributed by atoms with Crippen molar-refractivity contribution in [2.45, 2.75) is 6.43 Å². The number of thiophene rings is 1. The van der Waals surface area contributed by atoms with Gasteiger partial charge in [0.25, 0.3) is 6.43 Å². The van der Waals surface area contributed by atoms with Crippen LogP contribution in [-0.2, 0) is 0 Å². The molecule has 0 aliphatic rings. The van der Waals surface area contributed by atoms with Crippen molar-refractivity contribution in [3.8, 4) is 11.5 Å². The lowest BCUT2D eigenvalue weighted by atomic mass is 10.3. The molecule has 0 atom stereocenters. The number of rotatable bonds is 3. The van der Waals surface area contributed by atoms with Crippen molar-refractivity contribution >= 4 is 39.9 Å². The van der Waals surface area contributed by atoms with Crippen molar-refractivity contribution in [1.29, 1.82) is 0 Å². The van der Waals surface area contributed by atoms with Crippen LogP contribution in [0.2, 0.25) is 0 Å². The molecule has 0 saturated heterocycles. The number of oxazole rings is 1. The minimum Gasteiger partial charge on any atom is -0.475 e. The molecular weight excluding hydrogens is 367 g/mol. The van der Waals surface area contributed by atoms with Crippen LogP contribution in [0.4, 0.5) is 8.78 Å². The molecule has 0 fully saturated rings. The third-order valence-corrected chi connectivity index (χ3v) is 3.66. The number of carbonyl (C=O) groups is 1. The molecule has 4 nitrogen and oxygen atoms in total. The average Bonchev–Trinajstić information content (AvgIpc) is 2.82. The van der Waals surface area contributed by atoms with Crippen LogP contribution in [-0.4, -0.2) is 16.1 Å². The van der Waals surface area contributed by atoms with Gasteiger partial charge in [-0.05, 0) is 28.7 Å². The molecule has 1 N–H and O–H groups in total. The molecule has 0 radical (unpaired) electrons. The van der Waals surface area contributed by atoms with Gasteiger partial charge in [-0.2, -0.15) is 0 Å². The van der Waals surface area contributed by atoms with Crippen molar-refractivity contribution in [2.24, 2.45) is 0 Å². The molecule has 0 aromatic carbocycles. The highest BCUT2D eigenvalue weighted by molar-refractivity contribution is 14.1. The van der Waals surface area contributed by atoms with Crippen LogP contribution in [0.1, 0.15) is 22.7 Å². The number of carboxylic acids is 1. The fraction of sp³-hybridized carbons (Fsp3) is 0.111.